The first-order valence-corrected chi connectivity index (χ1v) is 8.80. The van der Waals surface area contributed by atoms with Gasteiger partial charge in [-0.25, -0.2) is 0 Å². The van der Waals surface area contributed by atoms with Crippen LogP contribution in [0.25, 0.3) is 0 Å². The Kier molecular flexibility index (Phi) is 6.67. The summed E-state index contributed by atoms with van der Waals surface area (Å²) in [5.74, 6) is 0.413. The van der Waals surface area contributed by atoms with Gasteiger partial charge in [-0.3, -0.25) is 4.79 Å². The number of anilines is 1. The highest BCUT2D eigenvalue weighted by molar-refractivity contribution is 6.35. The highest BCUT2D eigenvalue weighted by atomic mass is 35.5. The van der Waals surface area contributed by atoms with Gasteiger partial charge in [-0.1, -0.05) is 61.3 Å². The molecule has 0 aliphatic heterocycles. The van der Waals surface area contributed by atoms with Crippen LogP contribution in [-0.2, 0) is 4.79 Å². The monoisotopic (exact) mass is 365 g/mol. The van der Waals surface area contributed by atoms with Gasteiger partial charge >= 0.3 is 0 Å². The van der Waals surface area contributed by atoms with Crippen molar-refractivity contribution < 1.29 is 10.1 Å². The predicted octanol–water partition coefficient (Wildman–Crippen LogP) is 4.38. The third-order valence-corrected chi connectivity index (χ3v) is 4.55. The van der Waals surface area contributed by atoms with Crippen LogP contribution < -0.4 is 10.6 Å². The quantitative estimate of drug-likeness (QED) is 0.783. The maximum absolute atomic E-state index is 12.1. The van der Waals surface area contributed by atoms with E-state index in [0.29, 0.717) is 28.2 Å². The number of nitrogens with two attached hydrogens (primary N) is 1. The van der Waals surface area contributed by atoms with Crippen molar-refractivity contribution in [1.29, 1.82) is 0 Å². The summed E-state index contributed by atoms with van der Waals surface area (Å²) in [5, 5.41) is 5.81. The molecule has 1 amide bonds. The molecule has 0 bridgehead atoms. The maximum atomic E-state index is 12.1. The van der Waals surface area contributed by atoms with E-state index in [1.165, 1.54) is 11.1 Å². The zero-order chi connectivity index (χ0) is 17.7. The molecule has 0 spiro atoms. The molecule has 0 fully saturated rings. The van der Waals surface area contributed by atoms with Crippen molar-refractivity contribution >= 4 is 34.8 Å². The summed E-state index contributed by atoms with van der Waals surface area (Å²) in [6.07, 6.45) is 0. The lowest BCUT2D eigenvalue weighted by Crippen LogP contribution is -2.86. The third-order valence-electron chi connectivity index (χ3n) is 3.99. The number of halogens is 2. The number of nitrogens with one attached hydrogen (secondary N) is 1. The second kappa shape index (κ2) is 8.52. The van der Waals surface area contributed by atoms with Gasteiger partial charge in [0.15, 0.2) is 6.54 Å². The number of benzene rings is 2. The van der Waals surface area contributed by atoms with Gasteiger partial charge in [0.25, 0.3) is 5.91 Å². The molecule has 0 saturated carbocycles. The van der Waals surface area contributed by atoms with Gasteiger partial charge in [-0.15, -0.1) is 0 Å². The molecular formula is C19H23Cl2N2O+. The largest absolute Gasteiger partial charge is 0.333 e. The third kappa shape index (κ3) is 5.23. The minimum atomic E-state index is -0.107. The number of carbonyl (C=O) groups is 1. The molecule has 2 aromatic rings. The lowest BCUT2D eigenvalue weighted by Gasteiger charge is -2.13. The Morgan fingerprint density at radius 2 is 1.67 bits per heavy atom. The Morgan fingerprint density at radius 3 is 2.29 bits per heavy atom. The van der Waals surface area contributed by atoms with Crippen LogP contribution in [0.1, 0.15) is 43.9 Å². The van der Waals surface area contributed by atoms with Gasteiger partial charge in [0.1, 0.15) is 6.04 Å². The van der Waals surface area contributed by atoms with Crippen molar-refractivity contribution in [2.75, 3.05) is 11.9 Å². The molecule has 1 atom stereocenters. The van der Waals surface area contributed by atoms with E-state index in [4.69, 9.17) is 23.2 Å². The highest BCUT2D eigenvalue weighted by Crippen LogP contribution is 2.25. The molecule has 5 heteroatoms. The van der Waals surface area contributed by atoms with E-state index in [0.717, 1.165) is 0 Å². The minimum absolute atomic E-state index is 0.107. The number of hydrogen-bond donors (Lipinski definition) is 2. The van der Waals surface area contributed by atoms with E-state index in [2.05, 4.69) is 50.4 Å². The molecule has 0 unspecified atom stereocenters. The first-order chi connectivity index (χ1) is 11.4. The van der Waals surface area contributed by atoms with E-state index in [9.17, 15) is 4.79 Å². The molecule has 2 aromatic carbocycles. The Bertz CT molecular complexity index is 699. The molecule has 0 aliphatic carbocycles. The summed E-state index contributed by atoms with van der Waals surface area (Å²) in [7, 11) is 0. The van der Waals surface area contributed by atoms with Crippen molar-refractivity contribution in [3.05, 3.63) is 63.6 Å². The van der Waals surface area contributed by atoms with E-state index < -0.39 is 0 Å². The summed E-state index contributed by atoms with van der Waals surface area (Å²) in [6, 6.07) is 13.8. The predicted molar refractivity (Wildman–Crippen MR) is 101 cm³/mol. The molecule has 0 saturated heterocycles. The Morgan fingerprint density at radius 1 is 1.04 bits per heavy atom. The molecule has 3 nitrogen and oxygen atoms in total. The summed E-state index contributed by atoms with van der Waals surface area (Å²) in [6.45, 7) is 6.76. The van der Waals surface area contributed by atoms with Crippen LogP contribution in [0.4, 0.5) is 5.69 Å². The average Bonchev–Trinajstić information content (AvgIpc) is 2.56. The number of carbonyl (C=O) groups excluding carboxylic acids is 1. The van der Waals surface area contributed by atoms with E-state index in [1.807, 2.05) is 5.32 Å². The van der Waals surface area contributed by atoms with Gasteiger partial charge in [0, 0.05) is 10.6 Å². The van der Waals surface area contributed by atoms with Crippen molar-refractivity contribution in [3.63, 3.8) is 0 Å². The van der Waals surface area contributed by atoms with Gasteiger partial charge < -0.3 is 10.6 Å². The van der Waals surface area contributed by atoms with E-state index in [-0.39, 0.29) is 11.9 Å². The molecule has 0 heterocycles. The first kappa shape index (κ1) is 18.8. The molecule has 3 N–H and O–H groups in total. The minimum Gasteiger partial charge on any atom is -0.333 e. The van der Waals surface area contributed by atoms with Crippen molar-refractivity contribution in [1.82, 2.24) is 0 Å². The maximum Gasteiger partial charge on any atom is 0.279 e. The van der Waals surface area contributed by atoms with Gasteiger partial charge in [0.2, 0.25) is 0 Å². The zero-order valence-electron chi connectivity index (χ0n) is 14.1. The summed E-state index contributed by atoms with van der Waals surface area (Å²) in [5.41, 5.74) is 3.06. The molecule has 2 rings (SSSR count). The Hall–Kier alpha value is -1.55. The number of hydrogen-bond acceptors (Lipinski definition) is 1. The molecule has 24 heavy (non-hydrogen) atoms. The normalized spacial score (nSPS) is 12.2. The van der Waals surface area contributed by atoms with Crippen LogP contribution in [0, 0.1) is 0 Å². The topological polar surface area (TPSA) is 45.7 Å². The SMILES string of the molecule is CC(C)c1ccc([C@H](C)[NH2+]CC(=O)Nc2cc(Cl)ccc2Cl)cc1. The van der Waals surface area contributed by atoms with Gasteiger partial charge in [-0.2, -0.15) is 0 Å². The number of amides is 1. The van der Waals surface area contributed by atoms with Crippen molar-refractivity contribution in [2.45, 2.75) is 32.7 Å². The summed E-state index contributed by atoms with van der Waals surface area (Å²) < 4.78 is 0. The molecular weight excluding hydrogens is 343 g/mol. The molecule has 0 radical (unpaired) electrons. The lowest BCUT2D eigenvalue weighted by atomic mass is 9.99. The van der Waals surface area contributed by atoms with Crippen LogP contribution in [0.3, 0.4) is 0 Å². The van der Waals surface area contributed by atoms with Crippen LogP contribution >= 0.6 is 23.2 Å². The van der Waals surface area contributed by atoms with Crippen molar-refractivity contribution in [2.24, 2.45) is 0 Å². The Balaban J connectivity index is 1.90. The fourth-order valence-electron chi connectivity index (χ4n) is 2.40. The van der Waals surface area contributed by atoms with Crippen LogP contribution in [-0.4, -0.2) is 12.5 Å². The lowest BCUT2D eigenvalue weighted by molar-refractivity contribution is -0.682. The second-order valence-corrected chi connectivity index (χ2v) is 7.07. The standard InChI is InChI=1S/C19H22Cl2N2O/c1-12(2)14-4-6-15(7-5-14)13(3)22-11-19(24)23-18-10-16(20)8-9-17(18)21/h4-10,12-13,22H,11H2,1-3H3,(H,23,24)/p+1/t13-/m0/s1. The number of rotatable bonds is 6. The highest BCUT2D eigenvalue weighted by Gasteiger charge is 2.13. The van der Waals surface area contributed by atoms with Crippen molar-refractivity contribution in [3.8, 4) is 0 Å². The van der Waals surface area contributed by atoms with Crippen LogP contribution in [0.5, 0.6) is 0 Å². The Labute approximate surface area is 153 Å². The average molecular weight is 366 g/mol. The zero-order valence-corrected chi connectivity index (χ0v) is 15.7. The van der Waals surface area contributed by atoms with Gasteiger partial charge in [-0.05, 0) is 36.6 Å². The van der Waals surface area contributed by atoms with E-state index in [1.54, 1.807) is 18.2 Å². The molecule has 0 aromatic heterocycles. The smallest absolute Gasteiger partial charge is 0.279 e. The van der Waals surface area contributed by atoms with Gasteiger partial charge in [0.05, 0.1) is 10.7 Å². The fourth-order valence-corrected chi connectivity index (χ4v) is 2.74. The van der Waals surface area contributed by atoms with Crippen LogP contribution in [0.15, 0.2) is 42.5 Å². The van der Waals surface area contributed by atoms with E-state index >= 15 is 0 Å². The second-order valence-electron chi connectivity index (χ2n) is 6.22. The van der Waals surface area contributed by atoms with Crippen LogP contribution in [0.2, 0.25) is 10.0 Å². The fraction of sp³-hybridized carbons (Fsp3) is 0.316. The summed E-state index contributed by atoms with van der Waals surface area (Å²) >= 11 is 12.0. The summed E-state index contributed by atoms with van der Waals surface area (Å²) in [4.78, 5) is 12.1. The molecule has 128 valence electrons. The first-order valence-electron chi connectivity index (χ1n) is 8.05. The number of quaternary nitrogens is 1. The molecule has 0 aliphatic rings.